The minimum Gasteiger partial charge on any atom is -0.494 e. The van der Waals surface area contributed by atoms with Gasteiger partial charge < -0.3 is 4.74 Å². The van der Waals surface area contributed by atoms with Gasteiger partial charge in [0, 0.05) is 6.42 Å². The molecule has 0 fully saturated rings. The first-order chi connectivity index (χ1) is 6.33. The van der Waals surface area contributed by atoms with Crippen molar-refractivity contribution >= 4 is 0 Å². The van der Waals surface area contributed by atoms with Crippen molar-refractivity contribution in [2.45, 2.75) is 13.3 Å². The Kier molecular flexibility index (Phi) is 3.96. The van der Waals surface area contributed by atoms with Crippen LogP contribution in [0.1, 0.15) is 12.0 Å². The molecule has 13 heavy (non-hydrogen) atoms. The smallest absolute Gasteiger partial charge is 0.119 e. The highest BCUT2D eigenvalue weighted by atomic mass is 16.5. The minimum atomic E-state index is 0.325. The third-order valence-electron chi connectivity index (χ3n) is 1.68. The summed E-state index contributed by atoms with van der Waals surface area (Å²) < 4.78 is 5.36. The number of rotatable bonds is 5. The maximum Gasteiger partial charge on any atom is 0.119 e. The first-order valence-electron chi connectivity index (χ1n) is 4.31. The molecule has 0 aromatic heterocycles. The van der Waals surface area contributed by atoms with Crippen LogP contribution in [0.5, 0.6) is 5.75 Å². The fourth-order valence-electron chi connectivity index (χ4n) is 0.954. The van der Waals surface area contributed by atoms with Crippen molar-refractivity contribution in [2.75, 3.05) is 13.2 Å². The number of aryl methyl sites for hydroxylation is 1. The number of hydrogen-bond acceptors (Lipinski definition) is 3. The van der Waals surface area contributed by atoms with E-state index in [1.54, 1.807) is 0 Å². The number of hydrogen-bond donors (Lipinski definition) is 0. The van der Waals surface area contributed by atoms with Crippen molar-refractivity contribution in [3.63, 3.8) is 0 Å². The van der Waals surface area contributed by atoms with Gasteiger partial charge in [0.25, 0.3) is 0 Å². The molecule has 0 unspecified atom stereocenters. The van der Waals surface area contributed by atoms with Crippen LogP contribution >= 0.6 is 0 Å². The molecular formula is C10H13NO2. The molecule has 0 heterocycles. The molecule has 0 saturated heterocycles. The molecule has 0 N–H and O–H groups in total. The van der Waals surface area contributed by atoms with Crippen molar-refractivity contribution in [2.24, 2.45) is 5.18 Å². The van der Waals surface area contributed by atoms with E-state index < -0.39 is 0 Å². The molecule has 0 saturated carbocycles. The summed E-state index contributed by atoms with van der Waals surface area (Å²) >= 11 is 0. The summed E-state index contributed by atoms with van der Waals surface area (Å²) in [7, 11) is 0. The van der Waals surface area contributed by atoms with Gasteiger partial charge in [-0.05, 0) is 19.1 Å². The molecule has 0 aliphatic carbocycles. The Labute approximate surface area is 77.7 Å². The highest BCUT2D eigenvalue weighted by Crippen LogP contribution is 2.11. The summed E-state index contributed by atoms with van der Waals surface area (Å²) in [5.74, 6) is 0.844. The van der Waals surface area contributed by atoms with Crippen molar-refractivity contribution < 1.29 is 4.74 Å². The Morgan fingerprint density at radius 1 is 1.31 bits per heavy atom. The zero-order valence-corrected chi connectivity index (χ0v) is 7.69. The van der Waals surface area contributed by atoms with Gasteiger partial charge in [0.2, 0.25) is 0 Å². The molecule has 0 aliphatic heterocycles. The van der Waals surface area contributed by atoms with Gasteiger partial charge in [0.1, 0.15) is 5.75 Å². The number of benzene rings is 1. The molecule has 0 bridgehead atoms. The maximum absolute atomic E-state index is 9.76. The van der Waals surface area contributed by atoms with Crippen LogP contribution in [0.15, 0.2) is 29.4 Å². The first kappa shape index (κ1) is 9.71. The molecule has 3 nitrogen and oxygen atoms in total. The summed E-state index contributed by atoms with van der Waals surface area (Å²) in [6, 6.07) is 7.83. The lowest BCUT2D eigenvalue weighted by molar-refractivity contribution is 0.313. The highest BCUT2D eigenvalue weighted by Gasteiger charge is 1.92. The molecule has 0 radical (unpaired) electrons. The molecule has 0 aliphatic rings. The van der Waals surface area contributed by atoms with E-state index >= 15 is 0 Å². The van der Waals surface area contributed by atoms with E-state index in [1.807, 2.05) is 31.2 Å². The zero-order valence-electron chi connectivity index (χ0n) is 7.69. The summed E-state index contributed by atoms with van der Waals surface area (Å²) in [6.45, 7) is 2.90. The van der Waals surface area contributed by atoms with Crippen LogP contribution in [0.3, 0.4) is 0 Å². The Morgan fingerprint density at radius 3 is 2.62 bits per heavy atom. The molecule has 0 atom stereocenters. The fraction of sp³-hybridized carbons (Fsp3) is 0.400. The Bertz CT molecular complexity index is 256. The number of nitrogens with zero attached hydrogens (tertiary/aromatic N) is 1. The lowest BCUT2D eigenvalue weighted by Crippen LogP contribution is -1.98. The van der Waals surface area contributed by atoms with Gasteiger partial charge in [-0.15, -0.1) is 0 Å². The fourth-order valence-corrected chi connectivity index (χ4v) is 0.954. The van der Waals surface area contributed by atoms with E-state index in [4.69, 9.17) is 4.74 Å². The van der Waals surface area contributed by atoms with Gasteiger partial charge in [-0.1, -0.05) is 22.9 Å². The molecule has 1 rings (SSSR count). The molecule has 70 valence electrons. The average molecular weight is 179 g/mol. The number of nitroso groups, excluding NO2 is 1. The summed E-state index contributed by atoms with van der Waals surface area (Å²) in [6.07, 6.45) is 0.678. The van der Waals surface area contributed by atoms with Crippen molar-refractivity contribution in [3.05, 3.63) is 34.7 Å². The molecule has 3 heteroatoms. The summed E-state index contributed by atoms with van der Waals surface area (Å²) in [5.41, 5.74) is 1.21. The van der Waals surface area contributed by atoms with Gasteiger partial charge in [-0.25, -0.2) is 0 Å². The van der Waals surface area contributed by atoms with E-state index in [0.29, 0.717) is 19.6 Å². The second-order valence-corrected chi connectivity index (χ2v) is 2.87. The first-order valence-corrected chi connectivity index (χ1v) is 4.31. The van der Waals surface area contributed by atoms with Crippen LogP contribution in [0.25, 0.3) is 0 Å². The second kappa shape index (κ2) is 5.30. The third-order valence-corrected chi connectivity index (χ3v) is 1.68. The van der Waals surface area contributed by atoms with Crippen LogP contribution in [0, 0.1) is 11.8 Å². The molecule has 1 aromatic carbocycles. The molecule has 1 aromatic rings. The number of ether oxygens (including phenoxy) is 1. The highest BCUT2D eigenvalue weighted by molar-refractivity contribution is 5.26. The van der Waals surface area contributed by atoms with Gasteiger partial charge in [-0.2, -0.15) is 4.91 Å². The zero-order chi connectivity index (χ0) is 9.52. The van der Waals surface area contributed by atoms with Crippen LogP contribution in [0.2, 0.25) is 0 Å². The van der Waals surface area contributed by atoms with Crippen molar-refractivity contribution in [3.8, 4) is 5.75 Å². The van der Waals surface area contributed by atoms with E-state index in [-0.39, 0.29) is 0 Å². The molecular weight excluding hydrogens is 166 g/mol. The minimum absolute atomic E-state index is 0.325. The average Bonchev–Trinajstić information content (AvgIpc) is 2.15. The predicted octanol–water partition coefficient (Wildman–Crippen LogP) is 2.53. The van der Waals surface area contributed by atoms with E-state index in [2.05, 4.69) is 5.18 Å². The molecule has 0 spiro atoms. The van der Waals surface area contributed by atoms with Crippen molar-refractivity contribution in [1.29, 1.82) is 0 Å². The van der Waals surface area contributed by atoms with E-state index in [0.717, 1.165) is 5.75 Å². The Hall–Kier alpha value is -1.38. The van der Waals surface area contributed by atoms with Crippen molar-refractivity contribution in [1.82, 2.24) is 0 Å². The lowest BCUT2D eigenvalue weighted by atomic mass is 10.2. The van der Waals surface area contributed by atoms with Crippen LogP contribution < -0.4 is 4.74 Å². The Balaban J connectivity index is 2.28. The van der Waals surface area contributed by atoms with Crippen LogP contribution in [-0.4, -0.2) is 13.2 Å². The van der Waals surface area contributed by atoms with E-state index in [9.17, 15) is 4.91 Å². The van der Waals surface area contributed by atoms with E-state index in [1.165, 1.54) is 5.56 Å². The SMILES string of the molecule is Cc1ccc(OCCCN=O)cc1. The van der Waals surface area contributed by atoms with Gasteiger partial charge >= 0.3 is 0 Å². The van der Waals surface area contributed by atoms with Gasteiger partial charge in [-0.3, -0.25) is 0 Å². The Morgan fingerprint density at radius 2 is 2.00 bits per heavy atom. The van der Waals surface area contributed by atoms with Gasteiger partial charge in [0.05, 0.1) is 13.2 Å². The summed E-state index contributed by atoms with van der Waals surface area (Å²) in [5, 5.41) is 2.75. The predicted molar refractivity (Wildman–Crippen MR) is 52.0 cm³/mol. The second-order valence-electron chi connectivity index (χ2n) is 2.87. The van der Waals surface area contributed by atoms with Crippen LogP contribution in [0.4, 0.5) is 0 Å². The monoisotopic (exact) mass is 179 g/mol. The quantitative estimate of drug-likeness (QED) is 0.514. The normalized spacial score (nSPS) is 9.62. The summed E-state index contributed by atoms with van der Waals surface area (Å²) in [4.78, 5) is 9.76. The maximum atomic E-state index is 9.76. The largest absolute Gasteiger partial charge is 0.494 e. The van der Waals surface area contributed by atoms with Gasteiger partial charge in [0.15, 0.2) is 0 Å². The lowest BCUT2D eigenvalue weighted by Gasteiger charge is -2.04. The van der Waals surface area contributed by atoms with Crippen LogP contribution in [-0.2, 0) is 0 Å². The standard InChI is InChI=1S/C10H13NO2/c1-9-3-5-10(6-4-9)13-8-2-7-11-12/h3-6H,2,7-8H2,1H3. The topological polar surface area (TPSA) is 38.7 Å². The molecule has 0 amide bonds. The third kappa shape index (κ3) is 3.69.